The summed E-state index contributed by atoms with van der Waals surface area (Å²) in [5, 5.41) is 6.65. The molecule has 0 amide bonds. The van der Waals surface area contributed by atoms with Crippen molar-refractivity contribution in [3.63, 3.8) is 0 Å². The van der Waals surface area contributed by atoms with Crippen LogP contribution in [0.4, 0.5) is 0 Å². The first-order valence-corrected chi connectivity index (χ1v) is 8.61. The van der Waals surface area contributed by atoms with Gasteiger partial charge in [0.1, 0.15) is 5.75 Å². The molecule has 0 radical (unpaired) electrons. The van der Waals surface area contributed by atoms with Crippen molar-refractivity contribution < 1.29 is 4.74 Å². The summed E-state index contributed by atoms with van der Waals surface area (Å²) in [6, 6.07) is 11.7. The van der Waals surface area contributed by atoms with Crippen molar-refractivity contribution in [3.8, 4) is 17.0 Å². The van der Waals surface area contributed by atoms with E-state index in [1.165, 1.54) is 11.3 Å². The molecule has 0 fully saturated rings. The van der Waals surface area contributed by atoms with Crippen molar-refractivity contribution in [3.05, 3.63) is 77.2 Å². The first kappa shape index (κ1) is 16.9. The maximum atomic E-state index is 5.49. The Balaban J connectivity index is 2.12. The Hall–Kier alpha value is -2.99. The van der Waals surface area contributed by atoms with Crippen molar-refractivity contribution in [2.75, 3.05) is 13.7 Å². The number of methoxy groups -OCH3 is 1. The van der Waals surface area contributed by atoms with E-state index in [1.54, 1.807) is 31.8 Å². The molecule has 3 aromatic rings. The number of thiazole rings is 1. The molecule has 6 heteroatoms. The molecule has 0 aliphatic heterocycles. The van der Waals surface area contributed by atoms with E-state index in [0.29, 0.717) is 6.54 Å². The normalized spacial score (nSPS) is 11.8. The number of para-hydroxylation sites is 1. The fourth-order valence-electron chi connectivity index (χ4n) is 2.28. The first-order chi connectivity index (χ1) is 12.3. The molecule has 0 N–H and O–H groups in total. The Kier molecular flexibility index (Phi) is 5.53. The summed E-state index contributed by atoms with van der Waals surface area (Å²) in [4.78, 5) is 9.43. The number of hydrogen-bond acceptors (Lipinski definition) is 5. The van der Waals surface area contributed by atoms with Crippen LogP contribution in [0.3, 0.4) is 0 Å². The molecule has 0 spiro atoms. The van der Waals surface area contributed by atoms with E-state index >= 15 is 0 Å². The molecule has 5 nitrogen and oxygen atoms in total. The molecule has 2 heterocycles. The zero-order valence-electron chi connectivity index (χ0n) is 13.9. The van der Waals surface area contributed by atoms with Crippen LogP contribution in [0.15, 0.2) is 76.9 Å². The largest absolute Gasteiger partial charge is 0.496 e. The third-order valence-electron chi connectivity index (χ3n) is 3.43. The van der Waals surface area contributed by atoms with E-state index in [4.69, 9.17) is 4.74 Å². The molecule has 126 valence electrons. The van der Waals surface area contributed by atoms with Gasteiger partial charge in [-0.15, -0.1) is 17.9 Å². The highest BCUT2D eigenvalue weighted by molar-refractivity contribution is 7.07. The van der Waals surface area contributed by atoms with Crippen molar-refractivity contribution in [1.29, 1.82) is 0 Å². The van der Waals surface area contributed by atoms with Crippen molar-refractivity contribution >= 4 is 17.6 Å². The van der Waals surface area contributed by atoms with Crippen molar-refractivity contribution in [1.82, 2.24) is 9.66 Å². The Labute approximate surface area is 150 Å². The second-order valence-electron chi connectivity index (χ2n) is 5.08. The van der Waals surface area contributed by atoms with Crippen molar-refractivity contribution in [2.45, 2.75) is 0 Å². The van der Waals surface area contributed by atoms with Crippen LogP contribution in [-0.4, -0.2) is 29.5 Å². The standard InChI is InChI=1S/C19H18N4OS/c1-3-10-21-19-23(22-13-15-7-6-11-20-12-15)17(14-25-19)16-8-4-5-9-18(16)24-2/h3-9,11-14H,1,10H2,2H3. The van der Waals surface area contributed by atoms with Gasteiger partial charge in [0.2, 0.25) is 4.80 Å². The van der Waals surface area contributed by atoms with E-state index in [1.807, 2.05) is 46.5 Å². The molecule has 0 saturated heterocycles. The lowest BCUT2D eigenvalue weighted by Gasteiger charge is -2.08. The summed E-state index contributed by atoms with van der Waals surface area (Å²) in [6.07, 6.45) is 7.03. The quantitative estimate of drug-likeness (QED) is 0.504. The molecule has 1 aromatic carbocycles. The van der Waals surface area contributed by atoms with Gasteiger partial charge in [-0.1, -0.05) is 24.3 Å². The van der Waals surface area contributed by atoms with Gasteiger partial charge in [-0.25, -0.2) is 4.68 Å². The highest BCUT2D eigenvalue weighted by Gasteiger charge is 2.11. The van der Waals surface area contributed by atoms with Gasteiger partial charge in [-0.05, 0) is 18.2 Å². The van der Waals surface area contributed by atoms with Crippen LogP contribution < -0.4 is 9.54 Å². The fourth-order valence-corrected chi connectivity index (χ4v) is 3.12. The molecule has 2 aromatic heterocycles. The smallest absolute Gasteiger partial charge is 0.206 e. The molecular formula is C19H18N4OS. The lowest BCUT2D eigenvalue weighted by molar-refractivity contribution is 0.416. The van der Waals surface area contributed by atoms with Crippen LogP contribution in [0, 0.1) is 0 Å². The van der Waals surface area contributed by atoms with Crippen LogP contribution in [0.2, 0.25) is 0 Å². The van der Waals surface area contributed by atoms with Crippen LogP contribution in [-0.2, 0) is 0 Å². The van der Waals surface area contributed by atoms with Crippen LogP contribution in [0.25, 0.3) is 11.3 Å². The van der Waals surface area contributed by atoms with Crippen LogP contribution >= 0.6 is 11.3 Å². The average molecular weight is 350 g/mol. The average Bonchev–Trinajstić information content (AvgIpc) is 3.08. The van der Waals surface area contributed by atoms with Crippen LogP contribution in [0.1, 0.15) is 5.56 Å². The number of ether oxygens (including phenoxy) is 1. The van der Waals surface area contributed by atoms with Crippen LogP contribution in [0.5, 0.6) is 5.75 Å². The topological polar surface area (TPSA) is 51.8 Å². The van der Waals surface area contributed by atoms with E-state index in [0.717, 1.165) is 27.4 Å². The second kappa shape index (κ2) is 8.21. The second-order valence-corrected chi connectivity index (χ2v) is 5.91. The molecule has 0 bridgehead atoms. The fraction of sp³-hybridized carbons (Fsp3) is 0.105. The van der Waals surface area contributed by atoms with E-state index in [-0.39, 0.29) is 0 Å². The molecule has 25 heavy (non-hydrogen) atoms. The third kappa shape index (κ3) is 3.92. The first-order valence-electron chi connectivity index (χ1n) is 7.73. The highest BCUT2D eigenvalue weighted by atomic mass is 32.1. The number of hydrogen-bond donors (Lipinski definition) is 0. The summed E-state index contributed by atoms with van der Waals surface area (Å²) in [5.41, 5.74) is 2.80. The lowest BCUT2D eigenvalue weighted by atomic mass is 10.1. The molecule has 0 aliphatic rings. The van der Waals surface area contributed by atoms with Gasteiger partial charge in [0.05, 0.1) is 25.6 Å². The van der Waals surface area contributed by atoms with Gasteiger partial charge >= 0.3 is 0 Å². The SMILES string of the molecule is C=CCN=c1scc(-c2ccccc2OC)n1N=Cc1cccnc1. The van der Waals surface area contributed by atoms with Gasteiger partial charge < -0.3 is 4.74 Å². The van der Waals surface area contributed by atoms with Gasteiger partial charge in [0, 0.05) is 28.9 Å². The zero-order chi connectivity index (χ0) is 17.5. The zero-order valence-corrected chi connectivity index (χ0v) is 14.7. The minimum Gasteiger partial charge on any atom is -0.496 e. The maximum Gasteiger partial charge on any atom is 0.206 e. The molecule has 0 atom stereocenters. The predicted octanol–water partition coefficient (Wildman–Crippen LogP) is 3.59. The van der Waals surface area contributed by atoms with Gasteiger partial charge in [0.15, 0.2) is 0 Å². The lowest BCUT2D eigenvalue weighted by Crippen LogP contribution is -2.12. The number of pyridine rings is 1. The Morgan fingerprint density at radius 3 is 2.92 bits per heavy atom. The van der Waals surface area contributed by atoms with E-state index in [9.17, 15) is 0 Å². The van der Waals surface area contributed by atoms with E-state index in [2.05, 4.69) is 21.7 Å². The summed E-state index contributed by atoms with van der Waals surface area (Å²) < 4.78 is 7.31. The molecule has 0 unspecified atom stereocenters. The summed E-state index contributed by atoms with van der Waals surface area (Å²) in [6.45, 7) is 4.26. The number of nitrogens with zero attached hydrogens (tertiary/aromatic N) is 4. The van der Waals surface area contributed by atoms with Gasteiger partial charge in [-0.3, -0.25) is 9.98 Å². The molecular weight excluding hydrogens is 332 g/mol. The molecule has 3 rings (SSSR count). The number of rotatable bonds is 6. The molecule has 0 aliphatic carbocycles. The summed E-state index contributed by atoms with van der Waals surface area (Å²) in [5.74, 6) is 0.792. The monoisotopic (exact) mass is 350 g/mol. The third-order valence-corrected chi connectivity index (χ3v) is 4.28. The summed E-state index contributed by atoms with van der Waals surface area (Å²) >= 11 is 1.53. The number of benzene rings is 1. The number of aromatic nitrogens is 2. The predicted molar refractivity (Wildman–Crippen MR) is 102 cm³/mol. The maximum absolute atomic E-state index is 5.49. The van der Waals surface area contributed by atoms with E-state index < -0.39 is 0 Å². The summed E-state index contributed by atoms with van der Waals surface area (Å²) in [7, 11) is 1.66. The Morgan fingerprint density at radius 2 is 2.16 bits per heavy atom. The van der Waals surface area contributed by atoms with Crippen molar-refractivity contribution in [2.24, 2.45) is 10.1 Å². The Morgan fingerprint density at radius 1 is 1.28 bits per heavy atom. The minimum atomic E-state index is 0.536. The highest BCUT2D eigenvalue weighted by Crippen LogP contribution is 2.29. The Bertz CT molecular complexity index is 941. The van der Waals surface area contributed by atoms with Gasteiger partial charge in [-0.2, -0.15) is 5.10 Å². The molecule has 0 saturated carbocycles. The minimum absolute atomic E-state index is 0.536. The van der Waals surface area contributed by atoms with Gasteiger partial charge in [0.25, 0.3) is 0 Å².